The number of anilines is 1. The Balaban J connectivity index is 0.000000377. The maximum Gasteiger partial charge on any atom is 0.217 e. The van der Waals surface area contributed by atoms with Gasteiger partial charge in [0.15, 0.2) is 6.20 Å². The van der Waals surface area contributed by atoms with Crippen molar-refractivity contribution in [1.29, 1.82) is 0 Å². The summed E-state index contributed by atoms with van der Waals surface area (Å²) in [6.07, 6.45) is 4.38. The number of halogens is 1. The highest BCUT2D eigenvalue weighted by Gasteiger charge is 2.22. The number of pyridine rings is 1. The van der Waals surface area contributed by atoms with Gasteiger partial charge in [0.05, 0.1) is 23.2 Å². The largest absolute Gasteiger partial charge is 0.726 e. The lowest BCUT2D eigenvalue weighted by molar-refractivity contribution is -0.644. The molecule has 1 aromatic heterocycles. The van der Waals surface area contributed by atoms with E-state index in [1.54, 1.807) is 11.8 Å². The third-order valence-corrected chi connectivity index (χ3v) is 6.44. The standard InChI is InChI=1S/C20H18ClN2S.CH4O4S/c1-13-4-6-17-16(10-13)14(8-9-22(17)2)11-20-23(3)18-12-15(21)5-7-19(18)24-20;1-5-6(2,3)4/h4-12H,1-3H3;1H3,(H,2,3,4)/q+1;/p-1. The molecule has 9 heteroatoms. The molecule has 30 heavy (non-hydrogen) atoms. The number of thioether (sulfide) groups is 1. The van der Waals surface area contributed by atoms with E-state index in [-0.39, 0.29) is 0 Å². The van der Waals surface area contributed by atoms with Crippen LogP contribution in [-0.2, 0) is 21.6 Å². The van der Waals surface area contributed by atoms with E-state index in [1.807, 2.05) is 12.1 Å². The zero-order valence-corrected chi connectivity index (χ0v) is 19.3. The first-order valence-corrected chi connectivity index (χ1v) is 11.4. The number of aryl methyl sites for hydroxylation is 2. The molecule has 1 aliphatic heterocycles. The molecule has 0 aliphatic carbocycles. The number of hydrogen-bond acceptors (Lipinski definition) is 6. The summed E-state index contributed by atoms with van der Waals surface area (Å²) in [7, 11) is 0.577. The first kappa shape index (κ1) is 22.6. The van der Waals surface area contributed by atoms with Crippen LogP contribution < -0.4 is 9.47 Å². The molecule has 2 aromatic carbocycles. The molecule has 1 aliphatic rings. The maximum atomic E-state index is 9.22. The van der Waals surface area contributed by atoms with Gasteiger partial charge >= 0.3 is 0 Å². The average Bonchev–Trinajstić information content (AvgIpc) is 2.99. The van der Waals surface area contributed by atoms with Crippen molar-refractivity contribution in [3.05, 3.63) is 69.8 Å². The van der Waals surface area contributed by atoms with Crippen molar-refractivity contribution < 1.29 is 21.7 Å². The molecule has 4 rings (SSSR count). The SMILES string of the molecule is COS(=O)(=O)[O-].Cc1ccc2c(c1)c(/C=C1/Sc3ccc(Cl)cc3N1C)cc[n+]2C. The zero-order chi connectivity index (χ0) is 22.1. The molecule has 0 spiro atoms. The summed E-state index contributed by atoms with van der Waals surface area (Å²) in [5, 5.41) is 3.26. The van der Waals surface area contributed by atoms with E-state index < -0.39 is 10.4 Å². The number of rotatable bonds is 2. The summed E-state index contributed by atoms with van der Waals surface area (Å²) < 4.78 is 33.2. The average molecular weight is 465 g/mol. The van der Waals surface area contributed by atoms with Gasteiger partial charge in [0, 0.05) is 29.1 Å². The Kier molecular flexibility index (Phi) is 6.74. The minimum atomic E-state index is -4.41. The van der Waals surface area contributed by atoms with E-state index in [0.29, 0.717) is 0 Å². The monoisotopic (exact) mass is 464 g/mol. The first-order valence-electron chi connectivity index (χ1n) is 8.92. The van der Waals surface area contributed by atoms with Gasteiger partial charge in [-0.15, -0.1) is 0 Å². The quantitative estimate of drug-likeness (QED) is 0.320. The van der Waals surface area contributed by atoms with Crippen LogP contribution >= 0.6 is 23.4 Å². The van der Waals surface area contributed by atoms with Gasteiger partial charge in [-0.1, -0.05) is 35.0 Å². The van der Waals surface area contributed by atoms with Crippen LogP contribution in [0.3, 0.4) is 0 Å². The molecule has 0 atom stereocenters. The Morgan fingerprint density at radius 2 is 1.90 bits per heavy atom. The molecule has 3 aromatic rings. The topological polar surface area (TPSA) is 73.5 Å². The van der Waals surface area contributed by atoms with Crippen molar-refractivity contribution >= 4 is 56.4 Å². The minimum Gasteiger partial charge on any atom is -0.726 e. The molecule has 0 bridgehead atoms. The number of aromatic nitrogens is 1. The van der Waals surface area contributed by atoms with Crippen LogP contribution in [0.1, 0.15) is 11.1 Å². The van der Waals surface area contributed by atoms with Crippen LogP contribution in [0, 0.1) is 6.92 Å². The van der Waals surface area contributed by atoms with Crippen LogP contribution in [0.2, 0.25) is 5.02 Å². The molecule has 0 radical (unpaired) electrons. The molecule has 0 saturated heterocycles. The number of benzene rings is 2. The number of hydrogen-bond donors (Lipinski definition) is 0. The second kappa shape index (κ2) is 8.95. The molecular weight excluding hydrogens is 444 g/mol. The third kappa shape index (κ3) is 5.14. The normalized spacial score (nSPS) is 14.6. The lowest BCUT2D eigenvalue weighted by atomic mass is 10.1. The van der Waals surface area contributed by atoms with Crippen molar-refractivity contribution in [3.63, 3.8) is 0 Å². The summed E-state index contributed by atoms with van der Waals surface area (Å²) in [6.45, 7) is 2.14. The highest BCUT2D eigenvalue weighted by Crippen LogP contribution is 2.46. The molecular formula is C21H21ClN2O4S2. The Morgan fingerprint density at radius 1 is 1.20 bits per heavy atom. The van der Waals surface area contributed by atoms with Crippen LogP contribution in [0.5, 0.6) is 0 Å². The van der Waals surface area contributed by atoms with E-state index in [1.165, 1.54) is 37.6 Å². The van der Waals surface area contributed by atoms with E-state index in [2.05, 4.69) is 77.3 Å². The molecule has 0 amide bonds. The van der Waals surface area contributed by atoms with Crippen LogP contribution in [0.25, 0.3) is 17.0 Å². The fraction of sp³-hybridized carbons (Fsp3) is 0.190. The lowest BCUT2D eigenvalue weighted by Crippen LogP contribution is -2.28. The molecule has 2 heterocycles. The summed E-state index contributed by atoms with van der Waals surface area (Å²) >= 11 is 7.94. The van der Waals surface area contributed by atoms with E-state index in [0.717, 1.165) is 12.1 Å². The summed E-state index contributed by atoms with van der Waals surface area (Å²) in [4.78, 5) is 3.45. The van der Waals surface area contributed by atoms with Crippen LogP contribution in [0.4, 0.5) is 5.69 Å². The highest BCUT2D eigenvalue weighted by atomic mass is 35.5. The van der Waals surface area contributed by atoms with Gasteiger partial charge in [0.25, 0.3) is 0 Å². The van der Waals surface area contributed by atoms with Crippen molar-refractivity contribution in [2.24, 2.45) is 7.05 Å². The smallest absolute Gasteiger partial charge is 0.217 e. The predicted octanol–water partition coefficient (Wildman–Crippen LogP) is 4.26. The lowest BCUT2D eigenvalue weighted by Gasteiger charge is -2.14. The third-order valence-electron chi connectivity index (χ3n) is 4.63. The summed E-state index contributed by atoms with van der Waals surface area (Å²) in [5.41, 5.74) is 4.91. The summed E-state index contributed by atoms with van der Waals surface area (Å²) in [6, 6.07) is 14.8. The molecule has 158 valence electrons. The van der Waals surface area contributed by atoms with Crippen molar-refractivity contribution in [2.75, 3.05) is 19.1 Å². The Bertz CT molecular complexity index is 1240. The van der Waals surface area contributed by atoms with Gasteiger partial charge in [-0.05, 0) is 42.8 Å². The Hall–Kier alpha value is -2.10. The highest BCUT2D eigenvalue weighted by molar-refractivity contribution is 8.03. The molecule has 6 nitrogen and oxygen atoms in total. The van der Waals surface area contributed by atoms with E-state index >= 15 is 0 Å². The number of nitrogens with zero attached hydrogens (tertiary/aromatic N) is 2. The van der Waals surface area contributed by atoms with Crippen molar-refractivity contribution in [1.82, 2.24) is 0 Å². The van der Waals surface area contributed by atoms with Gasteiger partial charge in [-0.25, -0.2) is 13.0 Å². The molecule has 0 saturated carbocycles. The van der Waals surface area contributed by atoms with Gasteiger partial charge < -0.3 is 9.45 Å². The van der Waals surface area contributed by atoms with Gasteiger partial charge in [-0.2, -0.15) is 0 Å². The molecule has 0 fully saturated rings. The van der Waals surface area contributed by atoms with Crippen LogP contribution in [-0.4, -0.2) is 27.1 Å². The van der Waals surface area contributed by atoms with Crippen molar-refractivity contribution in [2.45, 2.75) is 11.8 Å². The second-order valence-electron chi connectivity index (χ2n) is 6.73. The maximum absolute atomic E-state index is 9.22. The van der Waals surface area contributed by atoms with E-state index in [9.17, 15) is 13.0 Å². The minimum absolute atomic E-state index is 0.773. The van der Waals surface area contributed by atoms with Gasteiger partial charge in [0.2, 0.25) is 15.9 Å². The fourth-order valence-corrected chi connectivity index (χ4v) is 4.32. The van der Waals surface area contributed by atoms with Gasteiger partial charge in [-0.3, -0.25) is 4.18 Å². The molecule has 0 N–H and O–H groups in total. The molecule has 0 unspecified atom stereocenters. The van der Waals surface area contributed by atoms with E-state index in [4.69, 9.17) is 11.6 Å². The second-order valence-corrected chi connectivity index (χ2v) is 9.38. The number of fused-ring (bicyclic) bond motifs is 2. The first-order chi connectivity index (χ1) is 14.1. The van der Waals surface area contributed by atoms with Gasteiger partial charge in [0.1, 0.15) is 7.05 Å². The Labute approximate surface area is 185 Å². The Morgan fingerprint density at radius 3 is 2.57 bits per heavy atom. The fourth-order valence-electron chi connectivity index (χ4n) is 3.07. The predicted molar refractivity (Wildman–Crippen MR) is 120 cm³/mol. The van der Waals surface area contributed by atoms with Crippen LogP contribution in [0.15, 0.2) is 58.6 Å². The summed E-state index contributed by atoms with van der Waals surface area (Å²) in [5.74, 6) is 0. The zero-order valence-electron chi connectivity index (χ0n) is 16.9. The van der Waals surface area contributed by atoms with Crippen molar-refractivity contribution in [3.8, 4) is 0 Å².